The van der Waals surface area contributed by atoms with Gasteiger partial charge in [-0.05, 0) is 18.6 Å². The van der Waals surface area contributed by atoms with Gasteiger partial charge in [-0.15, -0.1) is 11.3 Å². The molecule has 0 saturated heterocycles. The summed E-state index contributed by atoms with van der Waals surface area (Å²) >= 11 is 1.72. The molecule has 2 aromatic rings. The summed E-state index contributed by atoms with van der Waals surface area (Å²) in [7, 11) is 1.86. The number of aromatic nitrogens is 2. The number of nitrogens with zero attached hydrogens (tertiary/aromatic N) is 2. The van der Waals surface area contributed by atoms with Crippen LogP contribution in [0.15, 0.2) is 24.5 Å². The van der Waals surface area contributed by atoms with Crippen molar-refractivity contribution in [1.29, 1.82) is 0 Å². The zero-order valence-electron chi connectivity index (χ0n) is 10.6. The monoisotopic (exact) mass is 263 g/mol. The van der Waals surface area contributed by atoms with E-state index in [0.29, 0.717) is 12.2 Å². The van der Waals surface area contributed by atoms with Crippen LogP contribution in [-0.2, 0) is 19.9 Å². The normalized spacial score (nSPS) is 10.6. The van der Waals surface area contributed by atoms with Gasteiger partial charge in [0.1, 0.15) is 5.69 Å². The third-order valence-electron chi connectivity index (χ3n) is 2.75. The van der Waals surface area contributed by atoms with Crippen LogP contribution in [0.25, 0.3) is 0 Å². The first-order valence-electron chi connectivity index (χ1n) is 6.03. The number of carbonyl (C=O) groups excluding carboxylic acids is 1. The highest BCUT2D eigenvalue weighted by Gasteiger charge is 2.08. The number of amides is 1. The fourth-order valence-corrected chi connectivity index (χ4v) is 2.56. The van der Waals surface area contributed by atoms with Crippen molar-refractivity contribution in [3.05, 3.63) is 40.1 Å². The van der Waals surface area contributed by atoms with Crippen molar-refractivity contribution in [2.24, 2.45) is 7.05 Å². The van der Waals surface area contributed by atoms with E-state index in [0.717, 1.165) is 17.8 Å². The van der Waals surface area contributed by atoms with E-state index in [2.05, 4.69) is 17.2 Å². The minimum Gasteiger partial charge on any atom is -0.350 e. The van der Waals surface area contributed by atoms with E-state index in [1.165, 1.54) is 4.88 Å². The average Bonchev–Trinajstić information content (AvgIpc) is 2.97. The van der Waals surface area contributed by atoms with E-state index >= 15 is 0 Å². The second kappa shape index (κ2) is 5.82. The molecular formula is C13H17N3OS. The molecule has 0 spiro atoms. The summed E-state index contributed by atoms with van der Waals surface area (Å²) in [6, 6.07) is 3.68. The van der Waals surface area contributed by atoms with Crippen molar-refractivity contribution in [2.75, 3.05) is 6.54 Å². The molecule has 0 bridgehead atoms. The van der Waals surface area contributed by atoms with E-state index in [4.69, 9.17) is 0 Å². The summed E-state index contributed by atoms with van der Waals surface area (Å²) in [6.07, 6.45) is 5.59. The lowest BCUT2D eigenvalue weighted by Crippen LogP contribution is -2.27. The van der Waals surface area contributed by atoms with Crippen LogP contribution in [0.5, 0.6) is 0 Å². The van der Waals surface area contributed by atoms with Crippen molar-refractivity contribution in [2.45, 2.75) is 19.8 Å². The van der Waals surface area contributed by atoms with Gasteiger partial charge in [-0.25, -0.2) is 4.98 Å². The zero-order chi connectivity index (χ0) is 13.0. The van der Waals surface area contributed by atoms with E-state index in [1.807, 2.05) is 36.1 Å². The maximum absolute atomic E-state index is 11.8. The number of aryl methyl sites for hydroxylation is 2. The Labute approximate surface area is 111 Å². The van der Waals surface area contributed by atoms with Crippen molar-refractivity contribution in [3.8, 4) is 0 Å². The number of thiazole rings is 1. The van der Waals surface area contributed by atoms with Gasteiger partial charge in [-0.1, -0.05) is 6.92 Å². The molecule has 18 heavy (non-hydrogen) atoms. The maximum atomic E-state index is 11.8. The second-order valence-electron chi connectivity index (χ2n) is 4.08. The van der Waals surface area contributed by atoms with Crippen LogP contribution in [0, 0.1) is 0 Å². The Morgan fingerprint density at radius 1 is 1.56 bits per heavy atom. The fraction of sp³-hybridized carbons (Fsp3) is 0.385. The van der Waals surface area contributed by atoms with Gasteiger partial charge in [-0.3, -0.25) is 4.79 Å². The van der Waals surface area contributed by atoms with Crippen LogP contribution >= 0.6 is 11.3 Å². The molecule has 0 saturated carbocycles. The average molecular weight is 263 g/mol. The topological polar surface area (TPSA) is 46.9 Å². The molecule has 0 atom stereocenters. The predicted molar refractivity (Wildman–Crippen MR) is 72.9 cm³/mol. The van der Waals surface area contributed by atoms with Gasteiger partial charge in [-0.2, -0.15) is 0 Å². The van der Waals surface area contributed by atoms with Gasteiger partial charge < -0.3 is 9.88 Å². The van der Waals surface area contributed by atoms with E-state index in [9.17, 15) is 4.79 Å². The van der Waals surface area contributed by atoms with Gasteiger partial charge in [0.05, 0.1) is 5.01 Å². The first kappa shape index (κ1) is 12.8. The van der Waals surface area contributed by atoms with E-state index < -0.39 is 0 Å². The van der Waals surface area contributed by atoms with Crippen LogP contribution < -0.4 is 5.32 Å². The molecule has 1 N–H and O–H groups in total. The first-order valence-corrected chi connectivity index (χ1v) is 6.85. The number of hydrogen-bond donors (Lipinski definition) is 1. The Morgan fingerprint density at radius 3 is 3.00 bits per heavy atom. The summed E-state index contributed by atoms with van der Waals surface area (Å²) in [5.41, 5.74) is 0.684. The molecule has 0 fully saturated rings. The molecule has 0 unspecified atom stereocenters. The third kappa shape index (κ3) is 2.98. The summed E-state index contributed by atoms with van der Waals surface area (Å²) < 4.78 is 1.81. The Balaban J connectivity index is 1.82. The number of carbonyl (C=O) groups is 1. The maximum Gasteiger partial charge on any atom is 0.267 e. The molecule has 0 radical (unpaired) electrons. The highest BCUT2D eigenvalue weighted by atomic mass is 32.1. The van der Waals surface area contributed by atoms with Crippen molar-refractivity contribution in [1.82, 2.24) is 14.9 Å². The third-order valence-corrected chi connectivity index (χ3v) is 3.95. The lowest BCUT2D eigenvalue weighted by molar-refractivity contribution is 0.0946. The Bertz CT molecular complexity index is 530. The van der Waals surface area contributed by atoms with Gasteiger partial charge >= 0.3 is 0 Å². The van der Waals surface area contributed by atoms with Crippen LogP contribution in [0.3, 0.4) is 0 Å². The van der Waals surface area contributed by atoms with Gasteiger partial charge in [0.2, 0.25) is 0 Å². The molecule has 2 aromatic heterocycles. The van der Waals surface area contributed by atoms with Crippen molar-refractivity contribution < 1.29 is 4.79 Å². The minimum absolute atomic E-state index is 0.0326. The first-order chi connectivity index (χ1) is 8.70. The number of nitrogens with one attached hydrogen (secondary N) is 1. The van der Waals surface area contributed by atoms with Crippen molar-refractivity contribution >= 4 is 17.2 Å². The molecule has 4 nitrogen and oxygen atoms in total. The van der Waals surface area contributed by atoms with Crippen LogP contribution in [0.4, 0.5) is 0 Å². The SMILES string of the molecule is CCc1cnc(CCNC(=O)c2cccn2C)s1. The molecule has 1 amide bonds. The Hall–Kier alpha value is -1.62. The summed E-state index contributed by atoms with van der Waals surface area (Å²) in [5, 5.41) is 3.99. The number of rotatable bonds is 5. The van der Waals surface area contributed by atoms with Crippen LogP contribution in [0.1, 0.15) is 27.3 Å². The van der Waals surface area contributed by atoms with Crippen LogP contribution in [-0.4, -0.2) is 22.0 Å². The lowest BCUT2D eigenvalue weighted by atomic mass is 10.3. The predicted octanol–water partition coefficient (Wildman–Crippen LogP) is 2.02. The lowest BCUT2D eigenvalue weighted by Gasteiger charge is -2.04. The number of hydrogen-bond acceptors (Lipinski definition) is 3. The highest BCUT2D eigenvalue weighted by Crippen LogP contribution is 2.13. The molecular weight excluding hydrogens is 246 g/mol. The Kier molecular flexibility index (Phi) is 4.15. The van der Waals surface area contributed by atoms with E-state index in [1.54, 1.807) is 11.3 Å². The summed E-state index contributed by atoms with van der Waals surface area (Å²) in [4.78, 5) is 17.4. The highest BCUT2D eigenvalue weighted by molar-refractivity contribution is 7.11. The minimum atomic E-state index is -0.0326. The standard InChI is InChI=1S/C13H17N3OS/c1-3-10-9-15-12(18-10)6-7-14-13(17)11-5-4-8-16(11)2/h4-5,8-9H,3,6-7H2,1-2H3,(H,14,17). The Morgan fingerprint density at radius 2 is 2.39 bits per heavy atom. The molecule has 0 aromatic carbocycles. The summed E-state index contributed by atoms with van der Waals surface area (Å²) in [5.74, 6) is -0.0326. The zero-order valence-corrected chi connectivity index (χ0v) is 11.5. The molecule has 96 valence electrons. The molecule has 2 rings (SSSR count). The largest absolute Gasteiger partial charge is 0.350 e. The molecule has 0 aliphatic rings. The van der Waals surface area contributed by atoms with Gasteiger partial charge in [0.25, 0.3) is 5.91 Å². The molecule has 2 heterocycles. The van der Waals surface area contributed by atoms with E-state index in [-0.39, 0.29) is 5.91 Å². The van der Waals surface area contributed by atoms with Gasteiger partial charge in [0.15, 0.2) is 0 Å². The quantitative estimate of drug-likeness (QED) is 0.897. The molecule has 0 aliphatic carbocycles. The smallest absolute Gasteiger partial charge is 0.267 e. The van der Waals surface area contributed by atoms with Gasteiger partial charge in [0, 0.05) is 37.3 Å². The van der Waals surface area contributed by atoms with Crippen LogP contribution in [0.2, 0.25) is 0 Å². The molecule has 5 heteroatoms. The van der Waals surface area contributed by atoms with Crippen molar-refractivity contribution in [3.63, 3.8) is 0 Å². The molecule has 0 aliphatic heterocycles. The summed E-state index contributed by atoms with van der Waals surface area (Å²) in [6.45, 7) is 2.75. The second-order valence-corrected chi connectivity index (χ2v) is 5.28. The fourth-order valence-electron chi connectivity index (χ4n) is 1.70.